The van der Waals surface area contributed by atoms with Crippen molar-refractivity contribution in [2.45, 2.75) is 82.7 Å². The fourth-order valence-electron chi connectivity index (χ4n) is 8.02. The second kappa shape index (κ2) is 15.9. The van der Waals surface area contributed by atoms with E-state index in [2.05, 4.69) is 18.5 Å². The number of hydrogen-bond acceptors (Lipinski definition) is 7. The lowest BCUT2D eigenvalue weighted by molar-refractivity contribution is -0.147. The number of benzene rings is 2. The summed E-state index contributed by atoms with van der Waals surface area (Å²) in [6.45, 7) is 12.9. The monoisotopic (exact) mass is 705 g/mol. The molecule has 3 saturated heterocycles. The Kier molecular flexibility index (Phi) is 11.9. The topological polar surface area (TPSA) is 125 Å². The summed E-state index contributed by atoms with van der Waals surface area (Å²) in [5.41, 5.74) is 0.696. The predicted molar refractivity (Wildman–Crippen MR) is 191 cm³/mol. The molecule has 3 aliphatic rings. The summed E-state index contributed by atoms with van der Waals surface area (Å²) in [5.74, 6) is -3.69. The number of rotatable bonds is 16. The van der Waals surface area contributed by atoms with Crippen LogP contribution in [0.5, 0.6) is 0 Å². The van der Waals surface area contributed by atoms with Gasteiger partial charge < -0.3 is 29.7 Å². The van der Waals surface area contributed by atoms with Gasteiger partial charge in [0.25, 0.3) is 5.91 Å². The molecular formula is C39H48ClN3O7. The fraction of sp³-hybridized carbons (Fsp3) is 0.487. The molecule has 0 unspecified atom stereocenters. The molecule has 3 amide bonds. The number of nitrogens with one attached hydrogen (secondary N) is 1. The van der Waals surface area contributed by atoms with Gasteiger partial charge in [0.05, 0.1) is 47.3 Å². The third-order valence-corrected chi connectivity index (χ3v) is 10.9. The van der Waals surface area contributed by atoms with Gasteiger partial charge in [0.1, 0.15) is 18.2 Å². The van der Waals surface area contributed by atoms with Crippen LogP contribution in [-0.4, -0.2) is 77.2 Å². The Morgan fingerprint density at radius 2 is 1.92 bits per heavy atom. The number of ether oxygens (including phenoxy) is 2. The average molecular weight is 706 g/mol. The Morgan fingerprint density at radius 3 is 2.56 bits per heavy atom. The van der Waals surface area contributed by atoms with E-state index in [1.807, 2.05) is 57.2 Å². The van der Waals surface area contributed by atoms with Crippen molar-refractivity contribution < 1.29 is 33.8 Å². The fourth-order valence-corrected chi connectivity index (χ4v) is 8.34. The normalized spacial score (nSPS) is 25.4. The van der Waals surface area contributed by atoms with Crippen LogP contribution in [0.15, 0.2) is 73.8 Å². The van der Waals surface area contributed by atoms with Crippen LogP contribution in [0.2, 0.25) is 5.02 Å². The first-order valence-corrected chi connectivity index (χ1v) is 17.8. The number of aliphatic hydroxyl groups excluding tert-OH is 1. The van der Waals surface area contributed by atoms with E-state index in [1.54, 1.807) is 24.3 Å². The van der Waals surface area contributed by atoms with E-state index in [4.69, 9.17) is 21.1 Å². The summed E-state index contributed by atoms with van der Waals surface area (Å²) < 4.78 is 12.3. The van der Waals surface area contributed by atoms with Crippen molar-refractivity contribution in [3.63, 3.8) is 0 Å². The summed E-state index contributed by atoms with van der Waals surface area (Å²) >= 11 is 6.69. The quantitative estimate of drug-likeness (QED) is 0.179. The molecule has 1 spiro atoms. The highest BCUT2D eigenvalue weighted by Gasteiger charge is 2.75. The Labute approximate surface area is 299 Å². The average Bonchev–Trinajstić information content (AvgIpc) is 3.76. The molecule has 50 heavy (non-hydrogen) atoms. The first-order chi connectivity index (χ1) is 24.0. The van der Waals surface area contributed by atoms with Crippen LogP contribution in [-0.2, 0) is 28.7 Å². The van der Waals surface area contributed by atoms with Crippen LogP contribution < -0.4 is 10.2 Å². The number of likely N-dealkylation sites (tertiary alicyclic amines) is 1. The van der Waals surface area contributed by atoms with Crippen molar-refractivity contribution in [2.75, 3.05) is 24.7 Å². The van der Waals surface area contributed by atoms with Gasteiger partial charge in [0.15, 0.2) is 0 Å². The van der Waals surface area contributed by atoms with Crippen LogP contribution >= 0.6 is 11.6 Å². The zero-order chi connectivity index (χ0) is 36.2. The lowest BCUT2D eigenvalue weighted by Crippen LogP contribution is -2.60. The first-order valence-electron chi connectivity index (χ1n) is 17.4. The highest BCUT2D eigenvalue weighted by atomic mass is 35.5. The number of halogens is 1. The SMILES string of the molecule is C=CCCC(=O)OC[C@@H](NC(=O)[C@@H]1[C@@H]2CC[C@]3(O2)[C@H](C(=O)N(CC=C)c2c(C)cccc2Cl)N([C@@H](CO)[C@@H](C)CC)C(=O)[C@@H]13)c1ccccc1. The van der Waals surface area contributed by atoms with Gasteiger partial charge in [0.2, 0.25) is 11.8 Å². The van der Waals surface area contributed by atoms with E-state index in [-0.39, 0.29) is 32.1 Å². The largest absolute Gasteiger partial charge is 0.463 e. The van der Waals surface area contributed by atoms with E-state index in [0.29, 0.717) is 36.4 Å². The predicted octanol–water partition coefficient (Wildman–Crippen LogP) is 5.32. The van der Waals surface area contributed by atoms with Crippen molar-refractivity contribution >= 4 is 41.0 Å². The maximum Gasteiger partial charge on any atom is 0.306 e. The minimum Gasteiger partial charge on any atom is -0.463 e. The van der Waals surface area contributed by atoms with Crippen LogP contribution in [0.25, 0.3) is 0 Å². The maximum absolute atomic E-state index is 15.0. The Morgan fingerprint density at radius 1 is 1.18 bits per heavy atom. The van der Waals surface area contributed by atoms with Crippen molar-refractivity contribution in [1.82, 2.24) is 10.2 Å². The Bertz CT molecular complexity index is 1580. The van der Waals surface area contributed by atoms with Crippen molar-refractivity contribution in [1.29, 1.82) is 0 Å². The summed E-state index contributed by atoms with van der Waals surface area (Å²) in [4.78, 5) is 59.7. The number of allylic oxidation sites excluding steroid dienone is 1. The second-order valence-electron chi connectivity index (χ2n) is 13.6. The van der Waals surface area contributed by atoms with E-state index in [9.17, 15) is 19.5 Å². The zero-order valence-electron chi connectivity index (χ0n) is 29.1. The molecule has 10 nitrogen and oxygen atoms in total. The molecule has 0 aliphatic carbocycles. The molecule has 11 heteroatoms. The van der Waals surface area contributed by atoms with Crippen molar-refractivity contribution in [3.8, 4) is 0 Å². The number of fused-ring (bicyclic) bond motifs is 1. The molecule has 3 aliphatic heterocycles. The number of aliphatic hydroxyl groups is 1. The minimum atomic E-state index is -1.31. The molecule has 0 saturated carbocycles. The molecule has 3 heterocycles. The number of hydrogen-bond donors (Lipinski definition) is 2. The highest BCUT2D eigenvalue weighted by Crippen LogP contribution is 2.59. The lowest BCUT2D eigenvalue weighted by Gasteiger charge is -2.41. The molecule has 268 valence electrons. The van der Waals surface area contributed by atoms with Gasteiger partial charge in [-0.15, -0.1) is 13.2 Å². The number of carbonyl (C=O) groups is 4. The number of nitrogens with zero attached hydrogens (tertiary/aromatic N) is 2. The summed E-state index contributed by atoms with van der Waals surface area (Å²) in [6.07, 6.45) is 4.76. The lowest BCUT2D eigenvalue weighted by atomic mass is 9.70. The zero-order valence-corrected chi connectivity index (χ0v) is 29.8. The number of para-hydroxylation sites is 1. The molecular weight excluding hydrogens is 658 g/mol. The molecule has 5 rings (SSSR count). The van der Waals surface area contributed by atoms with Gasteiger partial charge in [-0.1, -0.05) is 86.5 Å². The Balaban J connectivity index is 1.53. The van der Waals surface area contributed by atoms with Crippen LogP contribution in [0.3, 0.4) is 0 Å². The molecule has 2 aromatic rings. The third-order valence-electron chi connectivity index (χ3n) is 10.6. The van der Waals surface area contributed by atoms with E-state index in [0.717, 1.165) is 11.1 Å². The number of esters is 1. The van der Waals surface area contributed by atoms with Gasteiger partial charge in [0, 0.05) is 13.0 Å². The molecule has 0 radical (unpaired) electrons. The van der Waals surface area contributed by atoms with Gasteiger partial charge >= 0.3 is 5.97 Å². The number of amides is 3. The summed E-state index contributed by atoms with van der Waals surface area (Å²) in [7, 11) is 0. The van der Waals surface area contributed by atoms with Crippen LogP contribution in [0, 0.1) is 24.7 Å². The summed E-state index contributed by atoms with van der Waals surface area (Å²) in [5, 5.41) is 14.2. The van der Waals surface area contributed by atoms with Gasteiger partial charge in [-0.25, -0.2) is 0 Å². The molecule has 2 aromatic carbocycles. The Hall–Kier alpha value is -3.99. The molecule has 2 N–H and O–H groups in total. The molecule has 8 atom stereocenters. The van der Waals surface area contributed by atoms with Gasteiger partial charge in [-0.05, 0) is 49.3 Å². The molecule has 2 bridgehead atoms. The van der Waals surface area contributed by atoms with E-state index < -0.39 is 65.4 Å². The van der Waals surface area contributed by atoms with E-state index >= 15 is 4.79 Å². The number of anilines is 1. The number of carbonyl (C=O) groups excluding carboxylic acids is 4. The molecule has 3 fully saturated rings. The maximum atomic E-state index is 15.0. The third kappa shape index (κ3) is 6.85. The van der Waals surface area contributed by atoms with E-state index in [1.165, 1.54) is 9.80 Å². The van der Waals surface area contributed by atoms with Gasteiger partial charge in [-0.3, -0.25) is 19.2 Å². The second-order valence-corrected chi connectivity index (χ2v) is 14.0. The number of aryl methyl sites for hydroxylation is 1. The standard InChI is InChI=1S/C39H48ClN3O7/c1-6-9-18-31(45)49-23-28(26-15-11-10-12-16-26)41-36(46)32-30-19-20-39(50-30)33(32)37(47)43(29(22-44)24(4)8-3)35(39)38(48)42(21-7-2)34-25(5)14-13-17-27(34)40/h6-7,10-17,24,28-30,32-33,35,44H,1-2,8-9,18-23H2,3-5H3,(H,41,46)/t24-,28+,29-,30-,32+,33+,35-,39+/m0/s1. The van der Waals surface area contributed by atoms with Crippen molar-refractivity contribution in [2.24, 2.45) is 17.8 Å². The highest BCUT2D eigenvalue weighted by molar-refractivity contribution is 6.34. The molecule has 0 aromatic heterocycles. The van der Waals surface area contributed by atoms with Crippen LogP contribution in [0.1, 0.15) is 63.1 Å². The smallest absolute Gasteiger partial charge is 0.306 e. The van der Waals surface area contributed by atoms with Gasteiger partial charge in [-0.2, -0.15) is 0 Å². The minimum absolute atomic E-state index is 0.102. The first kappa shape index (κ1) is 37.3. The van der Waals surface area contributed by atoms with Crippen LogP contribution in [0.4, 0.5) is 5.69 Å². The van der Waals surface area contributed by atoms with Crippen molar-refractivity contribution in [3.05, 3.63) is 90.0 Å². The summed E-state index contributed by atoms with van der Waals surface area (Å²) in [6, 6.07) is 12.0.